The van der Waals surface area contributed by atoms with Crippen molar-refractivity contribution in [3.8, 4) is 5.82 Å². The average molecular weight is 380 g/mol. The maximum atomic E-state index is 12.5. The van der Waals surface area contributed by atoms with Crippen LogP contribution in [-0.2, 0) is 4.74 Å². The van der Waals surface area contributed by atoms with Crippen molar-refractivity contribution in [2.24, 2.45) is 0 Å². The van der Waals surface area contributed by atoms with E-state index in [1.165, 1.54) is 6.33 Å². The molecule has 0 aliphatic carbocycles. The first-order valence-electron chi connectivity index (χ1n) is 8.93. The normalized spacial score (nSPS) is 14.1. The summed E-state index contributed by atoms with van der Waals surface area (Å²) in [7, 11) is 0. The summed E-state index contributed by atoms with van der Waals surface area (Å²) in [6.45, 7) is 6.66. The van der Waals surface area contributed by atoms with Gasteiger partial charge in [-0.3, -0.25) is 4.79 Å². The Morgan fingerprint density at radius 2 is 1.89 bits per heavy atom. The second-order valence-electron chi connectivity index (χ2n) is 6.43. The van der Waals surface area contributed by atoms with Gasteiger partial charge in [0.1, 0.15) is 18.0 Å². The first-order chi connectivity index (χ1) is 13.6. The van der Waals surface area contributed by atoms with E-state index in [1.807, 2.05) is 19.9 Å². The Bertz CT molecular complexity index is 980. The zero-order valence-corrected chi connectivity index (χ0v) is 15.7. The first-order valence-corrected chi connectivity index (χ1v) is 8.93. The van der Waals surface area contributed by atoms with Crippen LogP contribution in [0.3, 0.4) is 0 Å². The zero-order valence-electron chi connectivity index (χ0n) is 15.7. The number of morpholine rings is 1. The van der Waals surface area contributed by atoms with E-state index in [0.29, 0.717) is 24.8 Å². The standard InChI is InChI=1S/C18H20N8O2/c1-12-9-13(2)26(24-12)16-4-3-14(22-23-16)18(27)21-15-10-17(20-11-19-15)25-5-7-28-8-6-25/h3-4,9-11H,5-8H2,1-2H3,(H,19,20,21,27). The fourth-order valence-electron chi connectivity index (χ4n) is 2.98. The highest BCUT2D eigenvalue weighted by molar-refractivity contribution is 6.02. The molecule has 1 N–H and O–H groups in total. The Balaban J connectivity index is 1.47. The summed E-state index contributed by atoms with van der Waals surface area (Å²) in [6.07, 6.45) is 1.43. The Kier molecular flexibility index (Phi) is 4.94. The lowest BCUT2D eigenvalue weighted by Gasteiger charge is -2.27. The second-order valence-corrected chi connectivity index (χ2v) is 6.43. The predicted molar refractivity (Wildman–Crippen MR) is 102 cm³/mol. The molecular formula is C18H20N8O2. The van der Waals surface area contributed by atoms with Crippen molar-refractivity contribution in [1.82, 2.24) is 29.9 Å². The maximum Gasteiger partial charge on any atom is 0.277 e. The molecule has 0 spiro atoms. The van der Waals surface area contributed by atoms with Crippen LogP contribution in [0.1, 0.15) is 21.9 Å². The van der Waals surface area contributed by atoms with Crippen LogP contribution >= 0.6 is 0 Å². The molecule has 0 aromatic carbocycles. The maximum absolute atomic E-state index is 12.5. The molecule has 4 heterocycles. The summed E-state index contributed by atoms with van der Waals surface area (Å²) in [6, 6.07) is 7.00. The van der Waals surface area contributed by atoms with Crippen LogP contribution in [0, 0.1) is 13.8 Å². The molecular weight excluding hydrogens is 360 g/mol. The van der Waals surface area contributed by atoms with Gasteiger partial charge >= 0.3 is 0 Å². The topological polar surface area (TPSA) is 111 Å². The quantitative estimate of drug-likeness (QED) is 0.718. The van der Waals surface area contributed by atoms with Crippen molar-refractivity contribution >= 4 is 17.5 Å². The Morgan fingerprint density at radius 3 is 2.57 bits per heavy atom. The van der Waals surface area contributed by atoms with Gasteiger partial charge < -0.3 is 15.0 Å². The minimum Gasteiger partial charge on any atom is -0.378 e. The predicted octanol–water partition coefficient (Wildman–Crippen LogP) is 1.16. The molecule has 10 heteroatoms. The van der Waals surface area contributed by atoms with E-state index in [0.717, 1.165) is 30.3 Å². The van der Waals surface area contributed by atoms with E-state index in [4.69, 9.17) is 4.74 Å². The minimum atomic E-state index is -0.390. The SMILES string of the molecule is Cc1cc(C)n(-c2ccc(C(=O)Nc3cc(N4CCOCC4)ncn3)nn2)n1. The number of amides is 1. The molecule has 0 atom stereocenters. The van der Waals surface area contributed by atoms with Crippen molar-refractivity contribution in [3.05, 3.63) is 47.7 Å². The molecule has 28 heavy (non-hydrogen) atoms. The number of ether oxygens (including phenoxy) is 1. The number of hydrogen-bond acceptors (Lipinski definition) is 8. The fraction of sp³-hybridized carbons (Fsp3) is 0.333. The molecule has 0 unspecified atom stereocenters. The first kappa shape index (κ1) is 18.0. The van der Waals surface area contributed by atoms with E-state index in [1.54, 1.807) is 22.9 Å². The van der Waals surface area contributed by atoms with Crippen molar-refractivity contribution in [3.63, 3.8) is 0 Å². The molecule has 4 rings (SSSR count). The van der Waals surface area contributed by atoms with Crippen LogP contribution in [0.15, 0.2) is 30.6 Å². The number of rotatable bonds is 4. The third-order valence-corrected chi connectivity index (χ3v) is 4.34. The van der Waals surface area contributed by atoms with Gasteiger partial charge in [-0.2, -0.15) is 5.10 Å². The lowest BCUT2D eigenvalue weighted by atomic mass is 10.3. The molecule has 1 fully saturated rings. The lowest BCUT2D eigenvalue weighted by Crippen LogP contribution is -2.36. The van der Waals surface area contributed by atoms with Gasteiger partial charge in [0.05, 0.1) is 18.9 Å². The van der Waals surface area contributed by atoms with Gasteiger partial charge in [0, 0.05) is 24.8 Å². The molecule has 0 radical (unpaired) electrons. The molecule has 0 saturated carbocycles. The van der Waals surface area contributed by atoms with Gasteiger partial charge in [0.2, 0.25) is 0 Å². The van der Waals surface area contributed by atoms with Gasteiger partial charge in [-0.1, -0.05) is 0 Å². The molecule has 3 aromatic heterocycles. The number of nitrogens with one attached hydrogen (secondary N) is 1. The lowest BCUT2D eigenvalue weighted by molar-refractivity contribution is 0.102. The number of carbonyl (C=O) groups excluding carboxylic acids is 1. The van der Waals surface area contributed by atoms with Crippen molar-refractivity contribution in [1.29, 1.82) is 0 Å². The number of anilines is 2. The van der Waals surface area contributed by atoms with Crippen LogP contribution in [0.5, 0.6) is 0 Å². The largest absolute Gasteiger partial charge is 0.378 e. The molecule has 1 amide bonds. The number of carbonyl (C=O) groups is 1. The van der Waals surface area contributed by atoms with Gasteiger partial charge in [-0.05, 0) is 32.0 Å². The summed E-state index contributed by atoms with van der Waals surface area (Å²) in [4.78, 5) is 23.0. The van der Waals surface area contributed by atoms with Gasteiger partial charge in [0.15, 0.2) is 11.5 Å². The van der Waals surface area contributed by atoms with Crippen LogP contribution in [0.25, 0.3) is 5.82 Å². The molecule has 144 valence electrons. The van der Waals surface area contributed by atoms with Crippen LogP contribution < -0.4 is 10.2 Å². The van der Waals surface area contributed by atoms with Gasteiger partial charge in [-0.15, -0.1) is 10.2 Å². The Morgan fingerprint density at radius 1 is 1.07 bits per heavy atom. The molecule has 0 bridgehead atoms. The highest BCUT2D eigenvalue weighted by atomic mass is 16.5. The number of aryl methyl sites for hydroxylation is 2. The summed E-state index contributed by atoms with van der Waals surface area (Å²) in [5, 5.41) is 15.2. The van der Waals surface area contributed by atoms with E-state index >= 15 is 0 Å². The monoisotopic (exact) mass is 380 g/mol. The van der Waals surface area contributed by atoms with E-state index in [9.17, 15) is 4.79 Å². The highest BCUT2D eigenvalue weighted by Crippen LogP contribution is 2.16. The minimum absolute atomic E-state index is 0.191. The average Bonchev–Trinajstić information content (AvgIpc) is 3.07. The van der Waals surface area contributed by atoms with Crippen molar-refractivity contribution in [2.75, 3.05) is 36.5 Å². The smallest absolute Gasteiger partial charge is 0.277 e. The zero-order chi connectivity index (χ0) is 19.5. The van der Waals surface area contributed by atoms with E-state index in [2.05, 4.69) is 35.5 Å². The Hall–Kier alpha value is -3.40. The molecule has 1 saturated heterocycles. The molecule has 3 aromatic rings. The molecule has 10 nitrogen and oxygen atoms in total. The summed E-state index contributed by atoms with van der Waals surface area (Å²) in [5.74, 6) is 1.32. The number of aromatic nitrogens is 6. The van der Waals surface area contributed by atoms with E-state index in [-0.39, 0.29) is 11.6 Å². The summed E-state index contributed by atoms with van der Waals surface area (Å²) < 4.78 is 7.03. The van der Waals surface area contributed by atoms with Crippen LogP contribution in [0.4, 0.5) is 11.6 Å². The van der Waals surface area contributed by atoms with Gasteiger partial charge in [-0.25, -0.2) is 14.6 Å². The summed E-state index contributed by atoms with van der Waals surface area (Å²) in [5.41, 5.74) is 2.03. The Labute approximate surface area is 161 Å². The fourth-order valence-corrected chi connectivity index (χ4v) is 2.98. The van der Waals surface area contributed by atoms with Crippen molar-refractivity contribution < 1.29 is 9.53 Å². The molecule has 1 aliphatic rings. The van der Waals surface area contributed by atoms with E-state index < -0.39 is 0 Å². The third kappa shape index (κ3) is 3.81. The number of nitrogens with zero attached hydrogens (tertiary/aromatic N) is 7. The van der Waals surface area contributed by atoms with Crippen molar-refractivity contribution in [2.45, 2.75) is 13.8 Å². The van der Waals surface area contributed by atoms with Gasteiger partial charge in [0.25, 0.3) is 5.91 Å². The summed E-state index contributed by atoms with van der Waals surface area (Å²) >= 11 is 0. The molecule has 1 aliphatic heterocycles. The second kappa shape index (κ2) is 7.69. The highest BCUT2D eigenvalue weighted by Gasteiger charge is 2.15. The van der Waals surface area contributed by atoms with Crippen LogP contribution in [-0.4, -0.2) is 62.2 Å². The number of hydrogen-bond donors (Lipinski definition) is 1. The van der Waals surface area contributed by atoms with Crippen LogP contribution in [0.2, 0.25) is 0 Å². The third-order valence-electron chi connectivity index (χ3n) is 4.34.